The van der Waals surface area contributed by atoms with Crippen molar-refractivity contribution in [2.75, 3.05) is 6.54 Å². The van der Waals surface area contributed by atoms with Crippen LogP contribution in [0.2, 0.25) is 0 Å². The summed E-state index contributed by atoms with van der Waals surface area (Å²) in [6.45, 7) is -0.320. The molecule has 24 heavy (non-hydrogen) atoms. The summed E-state index contributed by atoms with van der Waals surface area (Å²) < 4.78 is 32.4. The molecule has 1 aliphatic rings. The smallest absolute Gasteiger partial charge is 0.289 e. The van der Waals surface area contributed by atoms with Gasteiger partial charge in [-0.3, -0.25) is 10.1 Å². The third-order valence-corrected chi connectivity index (χ3v) is 5.53. The Morgan fingerprint density at radius 2 is 2.00 bits per heavy atom. The predicted octanol–water partition coefficient (Wildman–Crippen LogP) is 1.76. The lowest BCUT2D eigenvalue weighted by Crippen LogP contribution is -2.42. The Kier molecular flexibility index (Phi) is 4.16. The first-order valence-corrected chi connectivity index (χ1v) is 8.82. The van der Waals surface area contributed by atoms with E-state index in [0.717, 1.165) is 25.0 Å². The van der Waals surface area contributed by atoms with E-state index < -0.39 is 31.1 Å². The number of rotatable bonds is 7. The highest BCUT2D eigenvalue weighted by atomic mass is 32.2. The van der Waals surface area contributed by atoms with Gasteiger partial charge in [-0.05, 0) is 37.0 Å². The molecule has 1 fully saturated rings. The SMILES string of the molecule is O=[N+]([O-])c1ccccc1S(=O)(=O)NCC(O)(c1ccco1)C1CC1. The highest BCUT2D eigenvalue weighted by molar-refractivity contribution is 7.89. The van der Waals surface area contributed by atoms with Crippen LogP contribution in [0.3, 0.4) is 0 Å². The fourth-order valence-electron chi connectivity index (χ4n) is 2.64. The second-order valence-corrected chi connectivity index (χ2v) is 7.46. The molecule has 0 aliphatic heterocycles. The maximum Gasteiger partial charge on any atom is 0.289 e. The van der Waals surface area contributed by atoms with Gasteiger partial charge in [-0.25, -0.2) is 13.1 Å². The van der Waals surface area contributed by atoms with E-state index in [0.29, 0.717) is 0 Å². The van der Waals surface area contributed by atoms with E-state index in [2.05, 4.69) is 4.72 Å². The topological polar surface area (TPSA) is 123 Å². The number of para-hydroxylation sites is 1. The Hall–Kier alpha value is -2.23. The summed E-state index contributed by atoms with van der Waals surface area (Å²) in [5.41, 5.74) is -1.99. The number of sulfonamides is 1. The lowest BCUT2D eigenvalue weighted by atomic mass is 9.95. The largest absolute Gasteiger partial charge is 0.466 e. The van der Waals surface area contributed by atoms with Crippen molar-refractivity contribution in [2.45, 2.75) is 23.3 Å². The molecular formula is C15H16N2O6S. The average molecular weight is 352 g/mol. The van der Waals surface area contributed by atoms with Crippen molar-refractivity contribution >= 4 is 15.7 Å². The van der Waals surface area contributed by atoms with Crippen LogP contribution in [-0.4, -0.2) is 25.0 Å². The Morgan fingerprint density at radius 1 is 1.29 bits per heavy atom. The Labute approximate surface area is 138 Å². The molecule has 0 spiro atoms. The molecule has 1 aromatic heterocycles. The van der Waals surface area contributed by atoms with E-state index in [1.54, 1.807) is 12.1 Å². The maximum atomic E-state index is 12.5. The van der Waals surface area contributed by atoms with Gasteiger partial charge in [-0.15, -0.1) is 0 Å². The van der Waals surface area contributed by atoms with Crippen molar-refractivity contribution in [3.63, 3.8) is 0 Å². The minimum Gasteiger partial charge on any atom is -0.466 e. The third kappa shape index (κ3) is 3.05. The summed E-state index contributed by atoms with van der Waals surface area (Å²) in [7, 11) is -4.16. The van der Waals surface area contributed by atoms with Crippen molar-refractivity contribution in [3.05, 3.63) is 58.5 Å². The fraction of sp³-hybridized carbons (Fsp3) is 0.333. The molecule has 2 N–H and O–H groups in total. The molecule has 1 saturated carbocycles. The van der Waals surface area contributed by atoms with Crippen molar-refractivity contribution in [3.8, 4) is 0 Å². The summed E-state index contributed by atoms with van der Waals surface area (Å²) in [6, 6.07) is 8.26. The molecule has 0 bridgehead atoms. The molecule has 0 amide bonds. The molecule has 2 aromatic rings. The highest BCUT2D eigenvalue weighted by Crippen LogP contribution is 2.45. The number of nitrogens with one attached hydrogen (secondary N) is 1. The van der Waals surface area contributed by atoms with Crippen LogP contribution in [0, 0.1) is 16.0 Å². The summed E-state index contributed by atoms with van der Waals surface area (Å²) in [4.78, 5) is 9.83. The van der Waals surface area contributed by atoms with Crippen LogP contribution >= 0.6 is 0 Å². The van der Waals surface area contributed by atoms with Crippen molar-refractivity contribution < 1.29 is 22.9 Å². The van der Waals surface area contributed by atoms with Crippen LogP contribution < -0.4 is 4.72 Å². The van der Waals surface area contributed by atoms with Gasteiger partial charge in [-0.1, -0.05) is 12.1 Å². The number of furan rings is 1. The second kappa shape index (κ2) is 6.00. The monoisotopic (exact) mass is 352 g/mol. The van der Waals surface area contributed by atoms with Gasteiger partial charge in [-0.2, -0.15) is 0 Å². The van der Waals surface area contributed by atoms with Gasteiger partial charge in [0, 0.05) is 12.6 Å². The number of hydrogen-bond acceptors (Lipinski definition) is 6. The van der Waals surface area contributed by atoms with E-state index in [4.69, 9.17) is 4.42 Å². The highest BCUT2D eigenvalue weighted by Gasteiger charge is 2.48. The number of nitrogens with zero attached hydrogens (tertiary/aromatic N) is 1. The van der Waals surface area contributed by atoms with Gasteiger partial charge in [0.25, 0.3) is 5.69 Å². The van der Waals surface area contributed by atoms with Crippen LogP contribution in [0.25, 0.3) is 0 Å². The lowest BCUT2D eigenvalue weighted by Gasteiger charge is -2.26. The van der Waals surface area contributed by atoms with Crippen LogP contribution in [0.4, 0.5) is 5.69 Å². The summed E-state index contributed by atoms with van der Waals surface area (Å²) in [5.74, 6) is 0.160. The van der Waals surface area contributed by atoms with Gasteiger partial charge in [0.05, 0.1) is 11.2 Å². The third-order valence-electron chi connectivity index (χ3n) is 4.08. The first kappa shape index (κ1) is 16.6. The van der Waals surface area contributed by atoms with Gasteiger partial charge in [0.1, 0.15) is 11.4 Å². The normalized spacial score (nSPS) is 17.4. The van der Waals surface area contributed by atoms with Gasteiger partial charge < -0.3 is 9.52 Å². The van der Waals surface area contributed by atoms with Crippen molar-refractivity contribution in [1.82, 2.24) is 4.72 Å². The molecular weight excluding hydrogens is 336 g/mol. The van der Waals surface area contributed by atoms with E-state index in [1.165, 1.54) is 18.4 Å². The zero-order chi connectivity index (χ0) is 17.4. The summed E-state index contributed by atoms with van der Waals surface area (Å²) >= 11 is 0. The number of nitro benzene ring substituents is 1. The number of aliphatic hydroxyl groups is 1. The van der Waals surface area contributed by atoms with Crippen molar-refractivity contribution in [1.29, 1.82) is 0 Å². The zero-order valence-electron chi connectivity index (χ0n) is 12.6. The van der Waals surface area contributed by atoms with Crippen LogP contribution in [0.15, 0.2) is 52.0 Å². The molecule has 128 valence electrons. The standard InChI is InChI=1S/C15H16N2O6S/c18-15(11-7-8-11,14-6-3-9-23-14)10-16-24(21,22)13-5-2-1-4-12(13)17(19)20/h1-6,9,11,16,18H,7-8,10H2. The number of nitro groups is 1. The first-order chi connectivity index (χ1) is 11.3. The molecule has 8 nitrogen and oxygen atoms in total. The molecule has 1 aromatic carbocycles. The average Bonchev–Trinajstić information content (AvgIpc) is 3.28. The fourth-order valence-corrected chi connectivity index (χ4v) is 3.88. The van der Waals surface area contributed by atoms with Gasteiger partial charge in [0.15, 0.2) is 4.90 Å². The van der Waals surface area contributed by atoms with Crippen molar-refractivity contribution in [2.24, 2.45) is 5.92 Å². The van der Waals surface area contributed by atoms with E-state index in [1.807, 2.05) is 0 Å². The Balaban J connectivity index is 1.86. The summed E-state index contributed by atoms with van der Waals surface area (Å²) in [6.07, 6.45) is 2.91. The quantitative estimate of drug-likeness (QED) is 0.578. The molecule has 0 saturated heterocycles. The minimum absolute atomic E-state index is 0.114. The molecule has 0 radical (unpaired) electrons. The van der Waals surface area contributed by atoms with E-state index >= 15 is 0 Å². The van der Waals surface area contributed by atoms with Crippen LogP contribution in [0.1, 0.15) is 18.6 Å². The van der Waals surface area contributed by atoms with Gasteiger partial charge in [0.2, 0.25) is 10.0 Å². The number of hydrogen-bond donors (Lipinski definition) is 2. The first-order valence-electron chi connectivity index (χ1n) is 7.34. The van der Waals surface area contributed by atoms with Crippen LogP contribution in [-0.2, 0) is 15.6 Å². The zero-order valence-corrected chi connectivity index (χ0v) is 13.4. The van der Waals surface area contributed by atoms with E-state index in [9.17, 15) is 23.6 Å². The Bertz CT molecular complexity index is 845. The lowest BCUT2D eigenvalue weighted by molar-refractivity contribution is -0.387. The molecule has 1 unspecified atom stereocenters. The summed E-state index contributed by atoms with van der Waals surface area (Å²) in [5, 5.41) is 21.9. The molecule has 1 atom stereocenters. The maximum absolute atomic E-state index is 12.5. The molecule has 1 heterocycles. The second-order valence-electron chi connectivity index (χ2n) is 5.73. The number of benzene rings is 1. The predicted molar refractivity (Wildman–Crippen MR) is 83.6 cm³/mol. The van der Waals surface area contributed by atoms with Gasteiger partial charge >= 0.3 is 0 Å². The van der Waals surface area contributed by atoms with Crippen LogP contribution in [0.5, 0.6) is 0 Å². The van der Waals surface area contributed by atoms with E-state index in [-0.39, 0.29) is 18.2 Å². The minimum atomic E-state index is -4.16. The molecule has 3 rings (SSSR count). The Morgan fingerprint density at radius 3 is 2.58 bits per heavy atom. The molecule has 1 aliphatic carbocycles. The molecule has 9 heteroatoms.